The summed E-state index contributed by atoms with van der Waals surface area (Å²) in [5.41, 5.74) is 1.99. The van der Waals surface area contributed by atoms with Gasteiger partial charge in [0.05, 0.1) is 6.61 Å². The van der Waals surface area contributed by atoms with E-state index in [1.807, 2.05) is 66.7 Å². The van der Waals surface area contributed by atoms with Crippen LogP contribution in [0.15, 0.2) is 72.8 Å². The molecule has 0 aliphatic heterocycles. The van der Waals surface area contributed by atoms with Crippen molar-refractivity contribution in [3.05, 3.63) is 78.4 Å². The van der Waals surface area contributed by atoms with Gasteiger partial charge in [0, 0.05) is 11.1 Å². The van der Waals surface area contributed by atoms with Crippen LogP contribution in [0.3, 0.4) is 0 Å². The number of hydrogen-bond donors (Lipinski definition) is 2. The van der Waals surface area contributed by atoms with Crippen LogP contribution in [0.4, 0.5) is 14.9 Å². The number of anilines is 2. The average Bonchev–Trinajstić information content (AvgIpc) is 3.16. The molecule has 0 spiro atoms. The molecule has 2 amide bonds. The number of nitrogens with zero attached hydrogens (tertiary/aromatic N) is 1. The van der Waals surface area contributed by atoms with Gasteiger partial charge in [-0.15, -0.1) is 0 Å². The van der Waals surface area contributed by atoms with Crippen LogP contribution in [0.25, 0.3) is 22.0 Å². The molecule has 0 unspecified atom stereocenters. The number of carbonyl (C=O) groups excluding carboxylic acids is 2. The van der Waals surface area contributed by atoms with E-state index in [0.29, 0.717) is 21.4 Å². The first kappa shape index (κ1) is 19.6. The van der Waals surface area contributed by atoms with Gasteiger partial charge in [0.15, 0.2) is 5.13 Å². The van der Waals surface area contributed by atoms with Gasteiger partial charge in [-0.25, -0.2) is 9.78 Å². The molecule has 1 aromatic heterocycles. The third kappa shape index (κ3) is 4.16. The van der Waals surface area contributed by atoms with Gasteiger partial charge < -0.3 is 10.1 Å². The standard InChI is InChI=1S/C23H19N3O3S/c1-2-29-23(28)26-22-24-19(16-10-4-3-5-11-16)21(30-22)25-20(27)18-14-8-12-15-9-6-7-13-17(15)18/h3-14H,2H2,1H3,(H,25,27)(H,24,26,28). The predicted octanol–water partition coefficient (Wildman–Crippen LogP) is 5.78. The molecule has 4 rings (SSSR count). The second-order valence-corrected chi connectivity index (χ2v) is 7.39. The van der Waals surface area contributed by atoms with Crippen molar-refractivity contribution in [1.29, 1.82) is 0 Å². The molecule has 0 bridgehead atoms. The van der Waals surface area contributed by atoms with E-state index in [2.05, 4.69) is 15.6 Å². The van der Waals surface area contributed by atoms with E-state index in [9.17, 15) is 9.59 Å². The minimum Gasteiger partial charge on any atom is -0.450 e. The fourth-order valence-electron chi connectivity index (χ4n) is 3.10. The first-order valence-corrected chi connectivity index (χ1v) is 10.3. The number of carbonyl (C=O) groups is 2. The molecule has 1 heterocycles. The van der Waals surface area contributed by atoms with Gasteiger partial charge in [0.2, 0.25) is 0 Å². The zero-order valence-corrected chi connectivity index (χ0v) is 17.0. The Bertz CT molecular complexity index is 1200. The van der Waals surface area contributed by atoms with Crippen molar-refractivity contribution < 1.29 is 14.3 Å². The van der Waals surface area contributed by atoms with Crippen molar-refractivity contribution in [1.82, 2.24) is 4.98 Å². The Balaban J connectivity index is 1.69. The summed E-state index contributed by atoms with van der Waals surface area (Å²) in [6.45, 7) is 1.99. The minimum absolute atomic E-state index is 0.240. The van der Waals surface area contributed by atoms with Crippen LogP contribution >= 0.6 is 11.3 Å². The van der Waals surface area contributed by atoms with Crippen LogP contribution in [0.1, 0.15) is 17.3 Å². The highest BCUT2D eigenvalue weighted by atomic mass is 32.1. The maximum Gasteiger partial charge on any atom is 0.413 e. The SMILES string of the molecule is CCOC(=O)Nc1nc(-c2ccccc2)c(NC(=O)c2cccc3ccccc23)s1. The molecule has 0 radical (unpaired) electrons. The van der Waals surface area contributed by atoms with Crippen molar-refractivity contribution in [3.8, 4) is 11.3 Å². The number of fused-ring (bicyclic) bond motifs is 1. The topological polar surface area (TPSA) is 80.3 Å². The lowest BCUT2D eigenvalue weighted by molar-refractivity contribution is 0.102. The summed E-state index contributed by atoms with van der Waals surface area (Å²) in [7, 11) is 0. The summed E-state index contributed by atoms with van der Waals surface area (Å²) in [6, 6.07) is 22.8. The van der Waals surface area contributed by atoms with Gasteiger partial charge >= 0.3 is 6.09 Å². The molecule has 3 aromatic carbocycles. The lowest BCUT2D eigenvalue weighted by atomic mass is 10.0. The number of amides is 2. The Kier molecular flexibility index (Phi) is 5.72. The molecule has 6 nitrogen and oxygen atoms in total. The quantitative estimate of drug-likeness (QED) is 0.431. The zero-order chi connectivity index (χ0) is 20.9. The Hall–Kier alpha value is -3.71. The number of thiazole rings is 1. The van der Waals surface area contributed by atoms with Gasteiger partial charge in [0.25, 0.3) is 5.91 Å². The van der Waals surface area contributed by atoms with Gasteiger partial charge in [0.1, 0.15) is 10.7 Å². The summed E-state index contributed by atoms with van der Waals surface area (Å²) in [5, 5.41) is 8.33. The molecule has 7 heteroatoms. The second-order valence-electron chi connectivity index (χ2n) is 6.39. The highest BCUT2D eigenvalue weighted by Gasteiger charge is 2.19. The maximum absolute atomic E-state index is 13.1. The smallest absolute Gasteiger partial charge is 0.413 e. The summed E-state index contributed by atoms with van der Waals surface area (Å²) in [6.07, 6.45) is -0.585. The lowest BCUT2D eigenvalue weighted by Crippen LogP contribution is -2.12. The van der Waals surface area contributed by atoms with E-state index < -0.39 is 6.09 Å². The van der Waals surface area contributed by atoms with Gasteiger partial charge in [-0.2, -0.15) is 0 Å². The first-order valence-electron chi connectivity index (χ1n) is 9.45. The number of hydrogen-bond acceptors (Lipinski definition) is 5. The van der Waals surface area contributed by atoms with Crippen LogP contribution in [0.5, 0.6) is 0 Å². The second kappa shape index (κ2) is 8.75. The summed E-state index contributed by atoms with van der Waals surface area (Å²) >= 11 is 1.18. The number of ether oxygens (including phenoxy) is 1. The van der Waals surface area contributed by atoms with Crippen LogP contribution in [0, 0.1) is 0 Å². The van der Waals surface area contributed by atoms with Crippen molar-refractivity contribution >= 4 is 44.2 Å². The van der Waals surface area contributed by atoms with E-state index in [1.165, 1.54) is 11.3 Å². The van der Waals surface area contributed by atoms with Crippen LogP contribution in [-0.2, 0) is 4.74 Å². The minimum atomic E-state index is -0.585. The number of rotatable bonds is 5. The Morgan fingerprint density at radius 1 is 0.933 bits per heavy atom. The first-order chi connectivity index (χ1) is 14.7. The average molecular weight is 417 g/mol. The fourth-order valence-corrected chi connectivity index (χ4v) is 3.97. The third-order valence-corrected chi connectivity index (χ3v) is 5.31. The largest absolute Gasteiger partial charge is 0.450 e. The summed E-state index contributed by atoms with van der Waals surface area (Å²) in [5.74, 6) is -0.240. The lowest BCUT2D eigenvalue weighted by Gasteiger charge is -2.08. The molecule has 0 saturated heterocycles. The molecule has 0 aliphatic rings. The van der Waals surface area contributed by atoms with E-state index in [0.717, 1.165) is 16.3 Å². The van der Waals surface area contributed by atoms with Crippen molar-refractivity contribution in [2.24, 2.45) is 0 Å². The molecular weight excluding hydrogens is 398 g/mol. The number of benzene rings is 3. The van der Waals surface area contributed by atoms with Crippen LogP contribution in [-0.4, -0.2) is 23.6 Å². The molecule has 0 fully saturated rings. The number of aromatic nitrogens is 1. The molecule has 0 aliphatic carbocycles. The zero-order valence-electron chi connectivity index (χ0n) is 16.2. The normalized spacial score (nSPS) is 10.6. The monoisotopic (exact) mass is 417 g/mol. The molecule has 4 aromatic rings. The summed E-state index contributed by atoms with van der Waals surface area (Å²) in [4.78, 5) is 29.4. The van der Waals surface area contributed by atoms with Gasteiger partial charge in [-0.1, -0.05) is 78.1 Å². The molecule has 0 atom stereocenters. The van der Waals surface area contributed by atoms with E-state index >= 15 is 0 Å². The van der Waals surface area contributed by atoms with Crippen LogP contribution < -0.4 is 10.6 Å². The molecule has 2 N–H and O–H groups in total. The predicted molar refractivity (Wildman–Crippen MR) is 120 cm³/mol. The van der Waals surface area contributed by atoms with Crippen LogP contribution in [0.2, 0.25) is 0 Å². The van der Waals surface area contributed by atoms with Crippen molar-refractivity contribution in [2.45, 2.75) is 6.92 Å². The number of nitrogens with one attached hydrogen (secondary N) is 2. The molecule has 150 valence electrons. The highest BCUT2D eigenvalue weighted by molar-refractivity contribution is 7.20. The molecular formula is C23H19N3O3S. The van der Waals surface area contributed by atoms with E-state index in [1.54, 1.807) is 13.0 Å². The third-order valence-electron chi connectivity index (χ3n) is 4.42. The maximum atomic E-state index is 13.1. The van der Waals surface area contributed by atoms with E-state index in [4.69, 9.17) is 4.74 Å². The summed E-state index contributed by atoms with van der Waals surface area (Å²) < 4.78 is 4.93. The van der Waals surface area contributed by atoms with Gasteiger partial charge in [-0.05, 0) is 23.8 Å². The van der Waals surface area contributed by atoms with Crippen molar-refractivity contribution in [2.75, 3.05) is 17.2 Å². The Morgan fingerprint density at radius 2 is 1.67 bits per heavy atom. The Morgan fingerprint density at radius 3 is 2.47 bits per heavy atom. The van der Waals surface area contributed by atoms with Gasteiger partial charge in [-0.3, -0.25) is 10.1 Å². The highest BCUT2D eigenvalue weighted by Crippen LogP contribution is 2.36. The van der Waals surface area contributed by atoms with E-state index in [-0.39, 0.29) is 12.5 Å². The molecule has 0 saturated carbocycles. The Labute approximate surface area is 177 Å². The fraction of sp³-hybridized carbons (Fsp3) is 0.0870. The molecule has 30 heavy (non-hydrogen) atoms. The van der Waals surface area contributed by atoms with Crippen molar-refractivity contribution in [3.63, 3.8) is 0 Å².